The third-order valence-corrected chi connectivity index (χ3v) is 9.45. The molecule has 0 saturated carbocycles. The van der Waals surface area contributed by atoms with E-state index in [9.17, 15) is 4.79 Å². The van der Waals surface area contributed by atoms with Crippen molar-refractivity contribution in [2.24, 2.45) is 0 Å². The summed E-state index contributed by atoms with van der Waals surface area (Å²) in [6, 6.07) is 44.8. The number of benzene rings is 6. The second-order valence-electron chi connectivity index (χ2n) is 12.1. The van der Waals surface area contributed by atoms with Crippen LogP contribution >= 0.6 is 0 Å². The maximum Gasteiger partial charge on any atom is 0.344 e. The van der Waals surface area contributed by atoms with Crippen molar-refractivity contribution in [1.82, 2.24) is 4.57 Å². The molecule has 1 aliphatic carbocycles. The summed E-state index contributed by atoms with van der Waals surface area (Å²) in [4.78, 5) is 12.5. The van der Waals surface area contributed by atoms with Crippen molar-refractivity contribution in [2.75, 3.05) is 0 Å². The standard InChI is InChI=1S/C40H27NO2/c1-40(2)34-13-7-5-10-28(34)31-22-32-29-11-6-8-14-36(29)41(37(32)23-35(31)40)26-18-15-24(16-19-26)25-17-20-38-33(21-25)27-9-3-4-12-30(27)39(42)43-38/h3-23H,1-2H3. The lowest BCUT2D eigenvalue weighted by molar-refractivity contribution is 0.569. The van der Waals surface area contributed by atoms with Crippen LogP contribution < -0.4 is 5.63 Å². The number of aromatic nitrogens is 1. The molecule has 0 radical (unpaired) electrons. The molecule has 0 aliphatic heterocycles. The average Bonchev–Trinajstić information content (AvgIpc) is 3.49. The Labute approximate surface area is 248 Å². The van der Waals surface area contributed by atoms with E-state index in [4.69, 9.17) is 4.42 Å². The molecule has 0 atom stereocenters. The summed E-state index contributed by atoms with van der Waals surface area (Å²) in [5.74, 6) is 0. The van der Waals surface area contributed by atoms with Gasteiger partial charge in [-0.1, -0.05) is 92.7 Å². The van der Waals surface area contributed by atoms with Gasteiger partial charge in [-0.05, 0) is 87.3 Å². The number of fused-ring (bicyclic) bond motifs is 9. The lowest BCUT2D eigenvalue weighted by atomic mass is 9.82. The van der Waals surface area contributed by atoms with Gasteiger partial charge in [0.1, 0.15) is 5.58 Å². The molecule has 204 valence electrons. The van der Waals surface area contributed by atoms with Gasteiger partial charge in [-0.3, -0.25) is 0 Å². The number of hydrogen-bond acceptors (Lipinski definition) is 2. The van der Waals surface area contributed by atoms with Crippen molar-refractivity contribution in [3.63, 3.8) is 0 Å². The predicted molar refractivity (Wildman–Crippen MR) is 177 cm³/mol. The highest BCUT2D eigenvalue weighted by Gasteiger charge is 2.36. The molecule has 1 aliphatic rings. The Kier molecular flexibility index (Phi) is 4.82. The number of rotatable bonds is 2. The summed E-state index contributed by atoms with van der Waals surface area (Å²) >= 11 is 0. The summed E-state index contributed by atoms with van der Waals surface area (Å²) < 4.78 is 8.02. The van der Waals surface area contributed by atoms with Crippen LogP contribution in [0.4, 0.5) is 0 Å². The number of nitrogens with zero attached hydrogens (tertiary/aromatic N) is 1. The molecule has 3 heteroatoms. The van der Waals surface area contributed by atoms with E-state index >= 15 is 0 Å². The Morgan fingerprint density at radius 1 is 0.535 bits per heavy atom. The topological polar surface area (TPSA) is 35.1 Å². The first kappa shape index (κ1) is 24.2. The Balaban J connectivity index is 1.22. The monoisotopic (exact) mass is 553 g/mol. The smallest absolute Gasteiger partial charge is 0.344 e. The van der Waals surface area contributed by atoms with E-state index < -0.39 is 0 Å². The summed E-state index contributed by atoms with van der Waals surface area (Å²) in [6.07, 6.45) is 0. The average molecular weight is 554 g/mol. The van der Waals surface area contributed by atoms with Crippen LogP contribution in [0.2, 0.25) is 0 Å². The highest BCUT2D eigenvalue weighted by atomic mass is 16.4. The molecular weight excluding hydrogens is 526 g/mol. The maximum atomic E-state index is 12.5. The molecular formula is C40H27NO2. The molecule has 2 aromatic heterocycles. The minimum Gasteiger partial charge on any atom is -0.422 e. The van der Waals surface area contributed by atoms with Gasteiger partial charge in [0.15, 0.2) is 0 Å². The fraction of sp³-hybridized carbons (Fsp3) is 0.0750. The van der Waals surface area contributed by atoms with Gasteiger partial charge < -0.3 is 8.98 Å². The predicted octanol–water partition coefficient (Wildman–Crippen LogP) is 10.0. The molecule has 8 aromatic rings. The van der Waals surface area contributed by atoms with Crippen molar-refractivity contribution >= 4 is 43.5 Å². The van der Waals surface area contributed by atoms with Gasteiger partial charge in [-0.25, -0.2) is 4.79 Å². The molecule has 43 heavy (non-hydrogen) atoms. The van der Waals surface area contributed by atoms with E-state index in [1.54, 1.807) is 0 Å². The fourth-order valence-corrected chi connectivity index (χ4v) is 7.30. The Bertz CT molecular complexity index is 2490. The van der Waals surface area contributed by atoms with Crippen LogP contribution in [-0.4, -0.2) is 4.57 Å². The van der Waals surface area contributed by atoms with Crippen LogP contribution in [0, 0.1) is 0 Å². The number of para-hydroxylation sites is 1. The van der Waals surface area contributed by atoms with Crippen LogP contribution in [-0.2, 0) is 5.41 Å². The largest absolute Gasteiger partial charge is 0.422 e. The highest BCUT2D eigenvalue weighted by Crippen LogP contribution is 2.51. The Hall–Kier alpha value is -5.41. The molecule has 6 aromatic carbocycles. The molecule has 0 unspecified atom stereocenters. The fourth-order valence-electron chi connectivity index (χ4n) is 7.30. The zero-order chi connectivity index (χ0) is 28.9. The lowest BCUT2D eigenvalue weighted by Crippen LogP contribution is -2.14. The molecule has 0 saturated heterocycles. The van der Waals surface area contributed by atoms with E-state index in [1.807, 2.05) is 36.4 Å². The molecule has 0 fully saturated rings. The van der Waals surface area contributed by atoms with Crippen LogP contribution in [0.25, 0.3) is 71.5 Å². The van der Waals surface area contributed by atoms with Gasteiger partial charge in [0, 0.05) is 27.3 Å². The highest BCUT2D eigenvalue weighted by molar-refractivity contribution is 6.12. The van der Waals surface area contributed by atoms with Crippen molar-refractivity contribution in [1.29, 1.82) is 0 Å². The van der Waals surface area contributed by atoms with Gasteiger partial charge >= 0.3 is 5.63 Å². The van der Waals surface area contributed by atoms with Crippen LogP contribution in [0.15, 0.2) is 137 Å². The van der Waals surface area contributed by atoms with Crippen LogP contribution in [0.1, 0.15) is 25.0 Å². The number of hydrogen-bond donors (Lipinski definition) is 0. The molecule has 0 spiro atoms. The quantitative estimate of drug-likeness (QED) is 0.158. The van der Waals surface area contributed by atoms with E-state index in [0.29, 0.717) is 11.0 Å². The Morgan fingerprint density at radius 3 is 2.07 bits per heavy atom. The van der Waals surface area contributed by atoms with Gasteiger partial charge in [-0.2, -0.15) is 0 Å². The second kappa shape index (κ2) is 8.56. The van der Waals surface area contributed by atoms with Gasteiger partial charge in [0.05, 0.1) is 16.4 Å². The third-order valence-electron chi connectivity index (χ3n) is 9.45. The van der Waals surface area contributed by atoms with Crippen LogP contribution in [0.5, 0.6) is 0 Å². The van der Waals surface area contributed by atoms with E-state index in [0.717, 1.165) is 27.6 Å². The van der Waals surface area contributed by atoms with Gasteiger partial charge in [0.2, 0.25) is 0 Å². The third kappa shape index (κ3) is 3.33. The second-order valence-corrected chi connectivity index (χ2v) is 12.1. The molecule has 3 nitrogen and oxygen atoms in total. The first-order chi connectivity index (χ1) is 21.0. The SMILES string of the molecule is CC1(C)c2ccccc2-c2cc3c4ccccc4n(-c4ccc(-c5ccc6oc(=O)c7ccccc7c6c5)cc4)c3cc21. The van der Waals surface area contributed by atoms with Crippen molar-refractivity contribution in [3.05, 3.63) is 149 Å². The summed E-state index contributed by atoms with van der Waals surface area (Å²) in [7, 11) is 0. The van der Waals surface area contributed by atoms with Gasteiger partial charge in [-0.15, -0.1) is 0 Å². The van der Waals surface area contributed by atoms with E-state index in [1.165, 1.54) is 44.1 Å². The molecule has 2 heterocycles. The molecule has 0 N–H and O–H groups in total. The minimum absolute atomic E-state index is 0.0648. The van der Waals surface area contributed by atoms with Crippen molar-refractivity contribution in [3.8, 4) is 27.9 Å². The molecule has 0 bridgehead atoms. The lowest BCUT2D eigenvalue weighted by Gasteiger charge is -2.21. The first-order valence-electron chi connectivity index (χ1n) is 14.7. The summed E-state index contributed by atoms with van der Waals surface area (Å²) in [6.45, 7) is 4.67. The first-order valence-corrected chi connectivity index (χ1v) is 14.7. The zero-order valence-electron chi connectivity index (χ0n) is 23.9. The molecule has 9 rings (SSSR count). The van der Waals surface area contributed by atoms with Crippen LogP contribution in [0.3, 0.4) is 0 Å². The minimum atomic E-state index is -0.302. The van der Waals surface area contributed by atoms with E-state index in [-0.39, 0.29) is 11.0 Å². The summed E-state index contributed by atoms with van der Waals surface area (Å²) in [5, 5.41) is 4.99. The maximum absolute atomic E-state index is 12.5. The van der Waals surface area contributed by atoms with Gasteiger partial charge in [0.25, 0.3) is 0 Å². The van der Waals surface area contributed by atoms with Crippen molar-refractivity contribution in [2.45, 2.75) is 19.3 Å². The Morgan fingerprint density at radius 2 is 1.23 bits per heavy atom. The molecule has 0 amide bonds. The normalized spacial score (nSPS) is 13.6. The van der Waals surface area contributed by atoms with E-state index in [2.05, 4.69) is 109 Å². The summed E-state index contributed by atoms with van der Waals surface area (Å²) in [5.41, 5.74) is 11.4. The zero-order valence-corrected chi connectivity index (χ0v) is 23.9. The van der Waals surface area contributed by atoms with Crippen molar-refractivity contribution < 1.29 is 4.42 Å².